The molecule has 0 radical (unpaired) electrons. The first-order valence-corrected chi connectivity index (χ1v) is 10.7. The van der Waals surface area contributed by atoms with Gasteiger partial charge in [0.05, 0.1) is 0 Å². The number of hydrogen-bond acceptors (Lipinski definition) is 0. The molecular weight excluding hydrogens is 331 g/mol. The van der Waals surface area contributed by atoms with Crippen molar-refractivity contribution in [2.45, 2.75) is 71.6 Å². The normalized spacial score (nSPS) is 14.5. The summed E-state index contributed by atoms with van der Waals surface area (Å²) in [6, 6.07) is 15.8. The van der Waals surface area contributed by atoms with Gasteiger partial charge < -0.3 is 0 Å². The zero-order chi connectivity index (χ0) is 19.1. The minimum absolute atomic E-state index is 0.142. The number of allylic oxidation sites excluding steroid dienone is 2. The predicted molar refractivity (Wildman–Crippen MR) is 115 cm³/mol. The Morgan fingerprint density at radius 2 is 1.70 bits per heavy atom. The number of hydrogen-bond donors (Lipinski definition) is 0. The van der Waals surface area contributed by atoms with E-state index < -0.39 is 0 Å². The lowest BCUT2D eigenvalue weighted by molar-refractivity contribution is 0.473. The molecule has 0 bridgehead atoms. The molecule has 0 amide bonds. The monoisotopic (exact) mass is 364 g/mol. The maximum absolute atomic E-state index is 13.8. The average Bonchev–Trinajstić information content (AvgIpc) is 3.05. The molecule has 0 saturated carbocycles. The van der Waals surface area contributed by atoms with Gasteiger partial charge in [-0.3, -0.25) is 0 Å². The minimum atomic E-state index is -0.142. The van der Waals surface area contributed by atoms with Gasteiger partial charge in [-0.15, -0.1) is 0 Å². The molecule has 1 atom stereocenters. The highest BCUT2D eigenvalue weighted by atomic mass is 19.1. The Labute approximate surface area is 164 Å². The molecule has 0 heterocycles. The summed E-state index contributed by atoms with van der Waals surface area (Å²) in [5, 5.41) is 0. The highest BCUT2D eigenvalue weighted by molar-refractivity contribution is 5.97. The average molecular weight is 365 g/mol. The van der Waals surface area contributed by atoms with Gasteiger partial charge in [-0.2, -0.15) is 0 Å². The highest BCUT2D eigenvalue weighted by Crippen LogP contribution is 2.41. The first kappa shape index (κ1) is 19.9. The lowest BCUT2D eigenvalue weighted by Crippen LogP contribution is -1.92. The second-order valence-electron chi connectivity index (χ2n) is 8.12. The van der Waals surface area contributed by atoms with Crippen molar-refractivity contribution in [2.24, 2.45) is 5.92 Å². The van der Waals surface area contributed by atoms with E-state index in [0.717, 1.165) is 24.3 Å². The molecule has 0 aromatic heterocycles. The molecule has 0 aliphatic heterocycles. The Hall–Kier alpha value is -1.89. The van der Waals surface area contributed by atoms with Gasteiger partial charge in [0, 0.05) is 0 Å². The molecule has 144 valence electrons. The van der Waals surface area contributed by atoms with Gasteiger partial charge >= 0.3 is 0 Å². The van der Waals surface area contributed by atoms with Crippen LogP contribution in [0.2, 0.25) is 0 Å². The summed E-state index contributed by atoms with van der Waals surface area (Å²) in [6.07, 6.45) is 11.3. The minimum Gasteiger partial charge on any atom is -0.207 e. The lowest BCUT2D eigenvalue weighted by Gasteiger charge is -2.10. The smallest absolute Gasteiger partial charge is 0.123 e. The van der Waals surface area contributed by atoms with Crippen molar-refractivity contribution in [1.29, 1.82) is 0 Å². The summed E-state index contributed by atoms with van der Waals surface area (Å²) in [5.74, 6) is 0.732. The third kappa shape index (κ3) is 5.31. The van der Waals surface area contributed by atoms with Gasteiger partial charge in [0.1, 0.15) is 5.82 Å². The molecule has 0 nitrogen and oxygen atoms in total. The lowest BCUT2D eigenvalue weighted by atomic mass is 9.95. The molecule has 1 unspecified atom stereocenters. The second kappa shape index (κ2) is 9.88. The van der Waals surface area contributed by atoms with E-state index in [2.05, 4.69) is 44.2 Å². The molecule has 1 aliphatic carbocycles. The molecule has 0 spiro atoms. The number of benzene rings is 2. The topological polar surface area (TPSA) is 0 Å². The number of unbranched alkanes of at least 4 members (excludes halogenated alkanes) is 4. The van der Waals surface area contributed by atoms with Crippen LogP contribution in [0.15, 0.2) is 48.5 Å². The number of fused-ring (bicyclic) bond motifs is 1. The van der Waals surface area contributed by atoms with Gasteiger partial charge in [0.2, 0.25) is 0 Å². The molecule has 27 heavy (non-hydrogen) atoms. The van der Waals surface area contributed by atoms with E-state index in [1.165, 1.54) is 73.3 Å². The Bertz CT molecular complexity index is 771. The molecule has 1 aliphatic rings. The molecule has 2 aromatic carbocycles. The fourth-order valence-corrected chi connectivity index (χ4v) is 4.20. The molecule has 0 saturated heterocycles. The molecule has 2 aromatic rings. The molecular formula is C26H33F. The third-order valence-electron chi connectivity index (χ3n) is 6.07. The van der Waals surface area contributed by atoms with Crippen LogP contribution in [0.1, 0.15) is 81.9 Å². The summed E-state index contributed by atoms with van der Waals surface area (Å²) in [4.78, 5) is 0. The number of rotatable bonds is 10. The van der Waals surface area contributed by atoms with Gasteiger partial charge in [0.15, 0.2) is 0 Å². The second-order valence-corrected chi connectivity index (χ2v) is 8.12. The van der Waals surface area contributed by atoms with Crippen LogP contribution in [0.3, 0.4) is 0 Å². The Morgan fingerprint density at radius 1 is 0.926 bits per heavy atom. The van der Waals surface area contributed by atoms with Crippen molar-refractivity contribution < 1.29 is 4.39 Å². The molecule has 1 heteroatoms. The largest absolute Gasteiger partial charge is 0.207 e. The van der Waals surface area contributed by atoms with Gasteiger partial charge in [-0.1, -0.05) is 88.8 Å². The van der Waals surface area contributed by atoms with Crippen LogP contribution in [-0.4, -0.2) is 0 Å². The van der Waals surface area contributed by atoms with Gasteiger partial charge in [-0.05, 0) is 65.1 Å². The van der Waals surface area contributed by atoms with Crippen molar-refractivity contribution in [2.75, 3.05) is 0 Å². The SMILES string of the molecule is CCC(C)CCCCCCCC1=C(c2cccc(F)c2)Cc2ccccc21. The van der Waals surface area contributed by atoms with Crippen LogP contribution >= 0.6 is 0 Å². The molecule has 3 rings (SSSR count). The van der Waals surface area contributed by atoms with E-state index in [1.807, 2.05) is 6.07 Å². The highest BCUT2D eigenvalue weighted by Gasteiger charge is 2.21. The quantitative estimate of drug-likeness (QED) is 0.374. The van der Waals surface area contributed by atoms with Crippen molar-refractivity contribution >= 4 is 11.1 Å². The third-order valence-corrected chi connectivity index (χ3v) is 6.07. The van der Waals surface area contributed by atoms with Crippen LogP contribution in [0.25, 0.3) is 11.1 Å². The summed E-state index contributed by atoms with van der Waals surface area (Å²) in [7, 11) is 0. The Balaban J connectivity index is 1.60. The predicted octanol–water partition coefficient (Wildman–Crippen LogP) is 8.07. The van der Waals surface area contributed by atoms with Crippen LogP contribution in [-0.2, 0) is 6.42 Å². The summed E-state index contributed by atoms with van der Waals surface area (Å²) < 4.78 is 13.8. The fraction of sp³-hybridized carbons (Fsp3) is 0.462. The van der Waals surface area contributed by atoms with E-state index in [1.54, 1.807) is 6.07 Å². The Kier molecular flexibility index (Phi) is 7.26. The first-order chi connectivity index (χ1) is 13.2. The zero-order valence-electron chi connectivity index (χ0n) is 16.9. The summed E-state index contributed by atoms with van der Waals surface area (Å²) >= 11 is 0. The van der Waals surface area contributed by atoms with E-state index in [9.17, 15) is 4.39 Å². The van der Waals surface area contributed by atoms with E-state index in [0.29, 0.717) is 0 Å². The van der Waals surface area contributed by atoms with E-state index in [-0.39, 0.29) is 5.82 Å². The standard InChI is InChI=1S/C26H33F/c1-3-20(2)12-7-5-4-6-8-17-25-24-16-10-9-13-22(24)19-26(25)21-14-11-15-23(27)18-21/h9-11,13-16,18,20H,3-8,12,17,19H2,1-2H3. The zero-order valence-corrected chi connectivity index (χ0v) is 16.9. The molecule has 0 fully saturated rings. The Morgan fingerprint density at radius 3 is 2.52 bits per heavy atom. The van der Waals surface area contributed by atoms with Gasteiger partial charge in [-0.25, -0.2) is 4.39 Å². The van der Waals surface area contributed by atoms with Crippen LogP contribution in [0.5, 0.6) is 0 Å². The molecule has 0 N–H and O–H groups in total. The number of halogens is 1. The van der Waals surface area contributed by atoms with Gasteiger partial charge in [0.25, 0.3) is 0 Å². The summed E-state index contributed by atoms with van der Waals surface area (Å²) in [5.41, 5.74) is 6.59. The van der Waals surface area contributed by atoms with Crippen LogP contribution in [0, 0.1) is 11.7 Å². The van der Waals surface area contributed by atoms with Crippen molar-refractivity contribution in [3.8, 4) is 0 Å². The maximum atomic E-state index is 13.8. The van der Waals surface area contributed by atoms with Crippen LogP contribution < -0.4 is 0 Å². The first-order valence-electron chi connectivity index (χ1n) is 10.7. The maximum Gasteiger partial charge on any atom is 0.123 e. The van der Waals surface area contributed by atoms with Crippen LogP contribution in [0.4, 0.5) is 4.39 Å². The van der Waals surface area contributed by atoms with Crippen molar-refractivity contribution in [1.82, 2.24) is 0 Å². The van der Waals surface area contributed by atoms with E-state index >= 15 is 0 Å². The van der Waals surface area contributed by atoms with E-state index in [4.69, 9.17) is 0 Å². The van der Waals surface area contributed by atoms with Crippen molar-refractivity contribution in [3.63, 3.8) is 0 Å². The van der Waals surface area contributed by atoms with Crippen molar-refractivity contribution in [3.05, 3.63) is 71.0 Å². The summed E-state index contributed by atoms with van der Waals surface area (Å²) in [6.45, 7) is 4.64. The fourth-order valence-electron chi connectivity index (χ4n) is 4.20.